The van der Waals surface area contributed by atoms with E-state index in [1.54, 1.807) is 24.3 Å². The highest BCUT2D eigenvalue weighted by molar-refractivity contribution is 7.92. The molecular weight excluding hydrogens is 490 g/mol. The Hall–Kier alpha value is -4.25. The van der Waals surface area contributed by atoms with Gasteiger partial charge in [-0.25, -0.2) is 8.42 Å². The van der Waals surface area contributed by atoms with Crippen LogP contribution in [0.5, 0.6) is 40.2 Å². The average Bonchev–Trinajstić information content (AvgIpc) is 2.87. The summed E-state index contributed by atoms with van der Waals surface area (Å²) in [5.74, 6) is 0.988. The molecule has 0 heterocycles. The van der Waals surface area contributed by atoms with E-state index in [2.05, 4.69) is 4.72 Å². The third kappa shape index (κ3) is 5.52. The predicted octanol–water partition coefficient (Wildman–Crippen LogP) is 4.11. The fraction of sp³-hybridized carbons (Fsp3) is 0.200. The molecule has 0 atom stereocenters. The van der Waals surface area contributed by atoms with Gasteiger partial charge in [0.1, 0.15) is 0 Å². The van der Waals surface area contributed by atoms with Crippen molar-refractivity contribution in [2.45, 2.75) is 4.90 Å². The summed E-state index contributed by atoms with van der Waals surface area (Å²) in [7, 11) is 3.07. The van der Waals surface area contributed by atoms with Gasteiger partial charge in [0.05, 0.1) is 46.1 Å². The molecule has 0 saturated carbocycles. The van der Waals surface area contributed by atoms with Crippen LogP contribution in [0.4, 0.5) is 5.69 Å². The van der Waals surface area contributed by atoms with Gasteiger partial charge in [-0.2, -0.15) is 0 Å². The van der Waals surface area contributed by atoms with Crippen LogP contribution in [-0.4, -0.2) is 54.2 Å². The maximum Gasteiger partial charge on any atom is 0.262 e. The minimum atomic E-state index is -4.13. The molecule has 0 aliphatic carbocycles. The van der Waals surface area contributed by atoms with Gasteiger partial charge >= 0.3 is 0 Å². The third-order valence-corrected chi connectivity index (χ3v) is 6.56. The lowest BCUT2D eigenvalue weighted by molar-refractivity contribution is 0.324. The van der Waals surface area contributed by atoms with Gasteiger partial charge in [-0.3, -0.25) is 4.72 Å². The molecule has 10 nitrogen and oxygen atoms in total. The van der Waals surface area contributed by atoms with E-state index in [9.17, 15) is 18.6 Å². The zero-order chi connectivity index (χ0) is 26.5. The number of phenolic OH excluding ortho intramolecular Hbond substituents is 2. The first-order valence-corrected chi connectivity index (χ1v) is 11.9. The van der Waals surface area contributed by atoms with E-state index in [1.807, 2.05) is 0 Å². The van der Waals surface area contributed by atoms with Crippen LogP contribution in [0.25, 0.3) is 12.2 Å². The fourth-order valence-electron chi connectivity index (χ4n) is 3.40. The van der Waals surface area contributed by atoms with Crippen LogP contribution in [0.3, 0.4) is 0 Å². The molecule has 0 aliphatic heterocycles. The number of nitrogens with one attached hydrogen (secondary N) is 1. The number of ether oxygens (including phenoxy) is 5. The van der Waals surface area contributed by atoms with E-state index < -0.39 is 10.0 Å². The first kappa shape index (κ1) is 26.4. The van der Waals surface area contributed by atoms with Gasteiger partial charge in [-0.15, -0.1) is 0 Å². The second-order valence-corrected chi connectivity index (χ2v) is 9.02. The molecule has 0 bridgehead atoms. The van der Waals surface area contributed by atoms with Crippen molar-refractivity contribution in [2.75, 3.05) is 40.3 Å². The number of hydrogen-bond acceptors (Lipinski definition) is 9. The van der Waals surface area contributed by atoms with Gasteiger partial charge in [0.15, 0.2) is 34.5 Å². The number of rotatable bonds is 10. The number of sulfonamides is 1. The Morgan fingerprint density at radius 3 is 1.81 bits per heavy atom. The van der Waals surface area contributed by atoms with Crippen LogP contribution >= 0.6 is 0 Å². The second-order valence-electron chi connectivity index (χ2n) is 7.34. The third-order valence-electron chi connectivity index (χ3n) is 5.20. The smallest absolute Gasteiger partial charge is 0.262 e. The first-order valence-electron chi connectivity index (χ1n) is 10.5. The summed E-state index contributed by atoms with van der Waals surface area (Å²) < 4.78 is 54.8. The second kappa shape index (κ2) is 11.0. The molecule has 0 radical (unpaired) electrons. The molecule has 192 valence electrons. The van der Waals surface area contributed by atoms with E-state index in [0.717, 1.165) is 6.07 Å². The van der Waals surface area contributed by atoms with Gasteiger partial charge in [0, 0.05) is 17.7 Å². The van der Waals surface area contributed by atoms with Crippen molar-refractivity contribution in [2.24, 2.45) is 0 Å². The summed E-state index contributed by atoms with van der Waals surface area (Å²) in [6, 6.07) is 9.85. The zero-order valence-electron chi connectivity index (χ0n) is 20.4. The quantitative estimate of drug-likeness (QED) is 0.268. The molecule has 0 aliphatic rings. The highest BCUT2D eigenvalue weighted by Gasteiger charge is 2.20. The van der Waals surface area contributed by atoms with Crippen molar-refractivity contribution in [1.29, 1.82) is 0 Å². The lowest BCUT2D eigenvalue weighted by Crippen LogP contribution is -2.14. The van der Waals surface area contributed by atoms with E-state index in [1.165, 1.54) is 59.8 Å². The summed E-state index contributed by atoms with van der Waals surface area (Å²) in [5, 5.41) is 20.3. The zero-order valence-corrected chi connectivity index (χ0v) is 21.2. The molecule has 0 aromatic heterocycles. The Morgan fingerprint density at radius 1 is 0.694 bits per heavy atom. The Kier molecular flexibility index (Phi) is 8.05. The van der Waals surface area contributed by atoms with E-state index >= 15 is 0 Å². The number of methoxy groups -OCH3 is 5. The Morgan fingerprint density at radius 2 is 1.28 bits per heavy atom. The Balaban J connectivity index is 2.05. The van der Waals surface area contributed by atoms with Crippen LogP contribution in [-0.2, 0) is 10.0 Å². The molecular formula is C25H27NO9S. The largest absolute Gasteiger partial charge is 0.504 e. The molecule has 11 heteroatoms. The maximum absolute atomic E-state index is 13.1. The van der Waals surface area contributed by atoms with E-state index in [4.69, 9.17) is 23.7 Å². The Bertz CT molecular complexity index is 1360. The van der Waals surface area contributed by atoms with Crippen LogP contribution < -0.4 is 28.4 Å². The number of hydrogen-bond donors (Lipinski definition) is 3. The molecule has 36 heavy (non-hydrogen) atoms. The normalized spacial score (nSPS) is 11.2. The molecule has 0 fully saturated rings. The van der Waals surface area contributed by atoms with Gasteiger partial charge in [-0.1, -0.05) is 12.2 Å². The van der Waals surface area contributed by atoms with Crippen molar-refractivity contribution in [3.05, 3.63) is 53.6 Å². The molecule has 0 unspecified atom stereocenters. The summed E-state index contributed by atoms with van der Waals surface area (Å²) >= 11 is 0. The van der Waals surface area contributed by atoms with Crippen molar-refractivity contribution >= 4 is 27.9 Å². The molecule has 3 aromatic rings. The van der Waals surface area contributed by atoms with Gasteiger partial charge in [-0.05, 0) is 35.9 Å². The minimum Gasteiger partial charge on any atom is -0.504 e. The van der Waals surface area contributed by atoms with E-state index in [-0.39, 0.29) is 33.6 Å². The lowest BCUT2D eigenvalue weighted by Gasteiger charge is -2.15. The number of aromatic hydroxyl groups is 2. The van der Waals surface area contributed by atoms with Gasteiger partial charge in [0.2, 0.25) is 5.75 Å². The highest BCUT2D eigenvalue weighted by Crippen LogP contribution is 2.39. The van der Waals surface area contributed by atoms with Crippen LogP contribution in [0.15, 0.2) is 47.4 Å². The van der Waals surface area contributed by atoms with Crippen LogP contribution in [0, 0.1) is 0 Å². The SMILES string of the molecule is COc1ccc(S(=O)(=O)Nc2cc(OC)c(O)cc2C=Cc2cc(OC)c(OC)c(OC)c2)cc1O. The maximum atomic E-state index is 13.1. The number of benzene rings is 3. The first-order chi connectivity index (χ1) is 17.2. The number of phenols is 2. The minimum absolute atomic E-state index is 0.0650. The fourth-order valence-corrected chi connectivity index (χ4v) is 4.50. The van der Waals surface area contributed by atoms with Crippen LogP contribution in [0.1, 0.15) is 11.1 Å². The van der Waals surface area contributed by atoms with Gasteiger partial charge < -0.3 is 33.9 Å². The summed E-state index contributed by atoms with van der Waals surface area (Å²) in [5.41, 5.74) is 1.13. The van der Waals surface area contributed by atoms with Crippen molar-refractivity contribution in [3.63, 3.8) is 0 Å². The molecule has 3 N–H and O–H groups in total. The summed E-state index contributed by atoms with van der Waals surface area (Å²) in [6.07, 6.45) is 3.28. The van der Waals surface area contributed by atoms with E-state index in [0.29, 0.717) is 28.4 Å². The van der Waals surface area contributed by atoms with Crippen LogP contribution in [0.2, 0.25) is 0 Å². The average molecular weight is 518 g/mol. The van der Waals surface area contributed by atoms with Crippen molar-refractivity contribution < 1.29 is 42.3 Å². The van der Waals surface area contributed by atoms with Gasteiger partial charge in [0.25, 0.3) is 10.0 Å². The van der Waals surface area contributed by atoms with Crippen molar-refractivity contribution in [1.82, 2.24) is 0 Å². The number of anilines is 1. The Labute approximate surface area is 209 Å². The summed E-state index contributed by atoms with van der Waals surface area (Å²) in [4.78, 5) is -0.188. The van der Waals surface area contributed by atoms with Crippen molar-refractivity contribution in [3.8, 4) is 40.2 Å². The molecule has 0 amide bonds. The molecule has 0 spiro atoms. The molecule has 0 saturated heterocycles. The molecule has 3 aromatic carbocycles. The monoisotopic (exact) mass is 517 g/mol. The topological polar surface area (TPSA) is 133 Å². The highest BCUT2D eigenvalue weighted by atomic mass is 32.2. The molecule has 3 rings (SSSR count). The summed E-state index contributed by atoms with van der Waals surface area (Å²) in [6.45, 7) is 0. The predicted molar refractivity (Wildman–Crippen MR) is 135 cm³/mol. The standard InChI is InChI=1S/C25H27NO9S/c1-31-21-9-8-17(13-20(21)28)36(29,30)26-18-14-22(32-2)19(27)12-16(18)7-6-15-10-23(33-3)25(35-5)24(11-15)34-4/h6-14,26-28H,1-5H3. The lowest BCUT2D eigenvalue weighted by atomic mass is 10.1.